The molecule has 2 aromatic rings. The van der Waals surface area contributed by atoms with Crippen molar-refractivity contribution < 1.29 is 14.2 Å². The van der Waals surface area contributed by atoms with Gasteiger partial charge in [0.2, 0.25) is 0 Å². The van der Waals surface area contributed by atoms with Crippen molar-refractivity contribution >= 4 is 5.84 Å². The highest BCUT2D eigenvalue weighted by Crippen LogP contribution is 2.42. The Labute approximate surface area is 156 Å². The lowest BCUT2D eigenvalue weighted by Gasteiger charge is -2.40. The zero-order chi connectivity index (χ0) is 19.6. The van der Waals surface area contributed by atoms with Gasteiger partial charge in [0.15, 0.2) is 6.19 Å². The number of ether oxygens (including phenoxy) is 1. The number of fused-ring (bicyclic) bond motifs is 1. The van der Waals surface area contributed by atoms with E-state index in [4.69, 9.17) is 10.00 Å². The third-order valence-corrected chi connectivity index (χ3v) is 4.38. The Morgan fingerprint density at radius 1 is 1.26 bits per heavy atom. The van der Waals surface area contributed by atoms with E-state index in [1.54, 1.807) is 44.3 Å². The first kappa shape index (κ1) is 18.4. The third kappa shape index (κ3) is 3.59. The predicted molar refractivity (Wildman–Crippen MR) is 96.3 cm³/mol. The highest BCUT2D eigenvalue weighted by molar-refractivity contribution is 5.99. The van der Waals surface area contributed by atoms with Gasteiger partial charge in [0.25, 0.3) is 0 Å². The fraction of sp³-hybridized carbons (Fsp3) is 0.250. The number of halogens is 1. The van der Waals surface area contributed by atoms with Crippen molar-refractivity contribution in [2.75, 3.05) is 0 Å². The molecule has 0 saturated heterocycles. The van der Waals surface area contributed by atoms with Gasteiger partial charge in [0, 0.05) is 11.1 Å². The molecule has 0 aliphatic carbocycles. The van der Waals surface area contributed by atoms with Gasteiger partial charge in [-0.15, -0.1) is 0 Å². The molecule has 2 N–H and O–H groups in total. The number of aliphatic hydroxyl groups is 1. The van der Waals surface area contributed by atoms with Crippen molar-refractivity contribution in [2.24, 2.45) is 4.99 Å². The fourth-order valence-electron chi connectivity index (χ4n) is 2.98. The highest BCUT2D eigenvalue weighted by Gasteiger charge is 2.43. The number of benzene rings is 2. The highest BCUT2D eigenvalue weighted by atomic mass is 19.1. The molecule has 0 bridgehead atoms. The summed E-state index contributed by atoms with van der Waals surface area (Å²) in [5, 5.41) is 31.5. The Kier molecular flexibility index (Phi) is 4.81. The lowest BCUT2D eigenvalue weighted by Crippen LogP contribution is -2.48. The molecule has 0 radical (unpaired) electrons. The smallest absolute Gasteiger partial charge is 0.182 e. The van der Waals surface area contributed by atoms with E-state index >= 15 is 0 Å². The summed E-state index contributed by atoms with van der Waals surface area (Å²) < 4.78 is 19.5. The SMILES string of the molecule is CC1(C)Oc2ccc(C#N)cc2[C@H](N=C(NC#N)c2cccc(F)c2)[C@H]1O. The number of nitrogens with one attached hydrogen (secondary N) is 1. The van der Waals surface area contributed by atoms with Crippen LogP contribution in [0.5, 0.6) is 5.75 Å². The van der Waals surface area contributed by atoms with Gasteiger partial charge in [-0.1, -0.05) is 12.1 Å². The van der Waals surface area contributed by atoms with E-state index < -0.39 is 23.6 Å². The summed E-state index contributed by atoms with van der Waals surface area (Å²) in [5.41, 5.74) is 0.334. The summed E-state index contributed by atoms with van der Waals surface area (Å²) in [6.07, 6.45) is 0.736. The van der Waals surface area contributed by atoms with E-state index in [1.165, 1.54) is 18.2 Å². The Morgan fingerprint density at radius 2 is 2.04 bits per heavy atom. The molecule has 1 aliphatic heterocycles. The zero-order valence-electron chi connectivity index (χ0n) is 14.8. The first-order chi connectivity index (χ1) is 12.9. The molecule has 3 rings (SSSR count). The lowest BCUT2D eigenvalue weighted by atomic mass is 9.86. The van der Waals surface area contributed by atoms with Gasteiger partial charge >= 0.3 is 0 Å². The maximum atomic E-state index is 13.6. The molecule has 1 aliphatic rings. The Hall–Kier alpha value is -3.42. The van der Waals surface area contributed by atoms with Crippen molar-refractivity contribution in [1.29, 1.82) is 10.5 Å². The van der Waals surface area contributed by atoms with Crippen LogP contribution in [0.15, 0.2) is 47.5 Å². The zero-order valence-corrected chi connectivity index (χ0v) is 14.8. The van der Waals surface area contributed by atoms with Crippen molar-refractivity contribution in [3.63, 3.8) is 0 Å². The summed E-state index contributed by atoms with van der Waals surface area (Å²) in [6, 6.07) is 11.8. The second kappa shape index (κ2) is 7.06. The monoisotopic (exact) mass is 364 g/mol. The van der Waals surface area contributed by atoms with Crippen molar-refractivity contribution in [3.8, 4) is 18.0 Å². The molecule has 0 fully saturated rings. The average Bonchev–Trinajstić information content (AvgIpc) is 2.64. The summed E-state index contributed by atoms with van der Waals surface area (Å²) in [5.74, 6) is 0.139. The number of nitrogens with zero attached hydrogens (tertiary/aromatic N) is 3. The Balaban J connectivity index is 2.16. The quantitative estimate of drug-likeness (QED) is 0.369. The van der Waals surface area contributed by atoms with Crippen LogP contribution in [-0.4, -0.2) is 22.6 Å². The molecule has 27 heavy (non-hydrogen) atoms. The summed E-state index contributed by atoms with van der Waals surface area (Å²) in [4.78, 5) is 4.51. The number of hydrogen-bond donors (Lipinski definition) is 2. The van der Waals surface area contributed by atoms with Gasteiger partial charge < -0.3 is 9.84 Å². The van der Waals surface area contributed by atoms with Crippen LogP contribution in [-0.2, 0) is 0 Å². The van der Waals surface area contributed by atoms with Gasteiger partial charge in [0.1, 0.15) is 35.1 Å². The topological polar surface area (TPSA) is 101 Å². The first-order valence-corrected chi connectivity index (χ1v) is 8.25. The molecular formula is C20H17FN4O2. The predicted octanol–water partition coefficient (Wildman–Crippen LogP) is 2.79. The third-order valence-electron chi connectivity index (χ3n) is 4.38. The Bertz CT molecular complexity index is 988. The minimum atomic E-state index is -1.05. The van der Waals surface area contributed by atoms with E-state index in [0.29, 0.717) is 22.4 Å². The molecule has 7 heteroatoms. The lowest BCUT2D eigenvalue weighted by molar-refractivity contribution is -0.0566. The average molecular weight is 364 g/mol. The summed E-state index contributed by atoms with van der Waals surface area (Å²) in [7, 11) is 0. The first-order valence-electron chi connectivity index (χ1n) is 8.25. The molecule has 0 saturated carbocycles. The number of hydrogen-bond acceptors (Lipinski definition) is 5. The number of rotatable bonds is 2. The van der Waals surface area contributed by atoms with Gasteiger partial charge in [-0.2, -0.15) is 10.5 Å². The number of aliphatic imine (C=N–C) groups is 1. The van der Waals surface area contributed by atoms with Gasteiger partial charge in [0.05, 0.1) is 11.6 Å². The van der Waals surface area contributed by atoms with Crippen molar-refractivity contribution in [2.45, 2.75) is 31.6 Å². The van der Waals surface area contributed by atoms with E-state index in [9.17, 15) is 14.8 Å². The minimum absolute atomic E-state index is 0.118. The maximum absolute atomic E-state index is 13.6. The van der Waals surface area contributed by atoms with Crippen LogP contribution in [0.2, 0.25) is 0 Å². The largest absolute Gasteiger partial charge is 0.485 e. The van der Waals surface area contributed by atoms with Crippen LogP contribution in [0.25, 0.3) is 0 Å². The van der Waals surface area contributed by atoms with Gasteiger partial charge in [-0.3, -0.25) is 10.3 Å². The second-order valence-electron chi connectivity index (χ2n) is 6.68. The fourth-order valence-corrected chi connectivity index (χ4v) is 2.98. The molecule has 2 aromatic carbocycles. The van der Waals surface area contributed by atoms with Crippen LogP contribution >= 0.6 is 0 Å². The van der Waals surface area contributed by atoms with Gasteiger partial charge in [-0.25, -0.2) is 4.39 Å². The number of aliphatic hydroxyl groups excluding tert-OH is 1. The molecule has 136 valence electrons. The molecule has 1 heterocycles. The van der Waals surface area contributed by atoms with Crippen LogP contribution < -0.4 is 10.1 Å². The standard InChI is InChI=1S/C20H17FN4O2/c1-20(2)18(26)17(15-8-12(10-22)6-7-16(15)27-20)25-19(24-11-23)13-4-3-5-14(21)9-13/h3-9,17-18,26H,1-2H3,(H,24,25)/t17-,18+/m0/s1. The minimum Gasteiger partial charge on any atom is -0.485 e. The molecule has 6 nitrogen and oxygen atoms in total. The summed E-state index contributed by atoms with van der Waals surface area (Å²) >= 11 is 0. The second-order valence-corrected chi connectivity index (χ2v) is 6.68. The van der Waals surface area contributed by atoms with Crippen LogP contribution in [0, 0.1) is 28.6 Å². The maximum Gasteiger partial charge on any atom is 0.182 e. The molecule has 0 unspecified atom stereocenters. The van der Waals surface area contributed by atoms with Crippen LogP contribution in [0.3, 0.4) is 0 Å². The van der Waals surface area contributed by atoms with E-state index in [-0.39, 0.29) is 5.84 Å². The molecule has 0 amide bonds. The van der Waals surface area contributed by atoms with E-state index in [1.807, 2.05) is 6.07 Å². The van der Waals surface area contributed by atoms with Crippen LogP contribution in [0.4, 0.5) is 4.39 Å². The number of nitriles is 2. The van der Waals surface area contributed by atoms with Gasteiger partial charge in [-0.05, 0) is 44.2 Å². The number of amidine groups is 1. The Morgan fingerprint density at radius 3 is 2.70 bits per heavy atom. The van der Waals surface area contributed by atoms with Crippen molar-refractivity contribution in [3.05, 3.63) is 65.0 Å². The van der Waals surface area contributed by atoms with E-state index in [0.717, 1.165) is 0 Å². The van der Waals surface area contributed by atoms with Crippen molar-refractivity contribution in [1.82, 2.24) is 5.32 Å². The molecule has 0 spiro atoms. The normalized spacial score (nSPS) is 20.6. The van der Waals surface area contributed by atoms with Crippen LogP contribution in [0.1, 0.15) is 36.6 Å². The summed E-state index contributed by atoms with van der Waals surface area (Å²) in [6.45, 7) is 3.45. The molecule has 0 aromatic heterocycles. The molecule has 2 atom stereocenters. The molecular weight excluding hydrogens is 347 g/mol. The van der Waals surface area contributed by atoms with E-state index in [2.05, 4.69) is 10.3 Å².